The third-order valence-electron chi connectivity index (χ3n) is 4.80. The first kappa shape index (κ1) is 18.2. The number of thioether (sulfide) groups is 1. The molecule has 9 heteroatoms. The number of amides is 3. The van der Waals surface area contributed by atoms with Gasteiger partial charge in [0.15, 0.2) is 4.87 Å². The molecule has 0 saturated heterocycles. The largest absolute Gasteiger partial charge is 0.398 e. The number of urea groups is 1. The van der Waals surface area contributed by atoms with Gasteiger partial charge in [0.05, 0.1) is 18.4 Å². The van der Waals surface area contributed by atoms with Gasteiger partial charge in [0.25, 0.3) is 5.91 Å². The molecule has 0 spiro atoms. The second kappa shape index (κ2) is 7.08. The Hall–Kier alpha value is -3.20. The summed E-state index contributed by atoms with van der Waals surface area (Å²) in [4.78, 5) is 30.4. The summed E-state index contributed by atoms with van der Waals surface area (Å²) in [5, 5.41) is 6.32. The molecule has 6 N–H and O–H groups in total. The summed E-state index contributed by atoms with van der Waals surface area (Å²) in [7, 11) is 0. The average Bonchev–Trinajstić information content (AvgIpc) is 3.09. The van der Waals surface area contributed by atoms with Gasteiger partial charge in [-0.3, -0.25) is 9.78 Å². The van der Waals surface area contributed by atoms with Gasteiger partial charge in [-0.1, -0.05) is 30.0 Å². The van der Waals surface area contributed by atoms with Gasteiger partial charge in [-0.15, -0.1) is 0 Å². The summed E-state index contributed by atoms with van der Waals surface area (Å²) in [6, 6.07) is 10.3. The minimum Gasteiger partial charge on any atom is -0.398 e. The summed E-state index contributed by atoms with van der Waals surface area (Å²) in [6.45, 7) is 0.878. The van der Waals surface area contributed by atoms with Crippen molar-refractivity contribution in [2.75, 3.05) is 24.1 Å². The Bertz CT molecular complexity index is 964. The van der Waals surface area contributed by atoms with E-state index in [0.29, 0.717) is 36.4 Å². The Balaban J connectivity index is 1.70. The standard InChI is InChI=1S/C19H20N6O2S/c20-14-6-2-1-5-13(14)19(17(26)23-12-4-3-8-22-10-12)24-15-7-9-25(18(21)27)11-16(15)28-19/h1-6,8,10,24H,7,9,11,20H2,(H2,21,27)(H,23,26). The Morgan fingerprint density at radius 1 is 1.25 bits per heavy atom. The lowest BCUT2D eigenvalue weighted by Crippen LogP contribution is -2.47. The number of aromatic nitrogens is 1. The molecule has 2 aliphatic rings. The summed E-state index contributed by atoms with van der Waals surface area (Å²) in [5.41, 5.74) is 14.4. The number of nitrogens with one attached hydrogen (secondary N) is 2. The first-order valence-corrected chi connectivity index (χ1v) is 9.61. The van der Waals surface area contributed by atoms with Gasteiger partial charge in [-0.2, -0.15) is 0 Å². The van der Waals surface area contributed by atoms with E-state index >= 15 is 0 Å². The van der Waals surface area contributed by atoms with Crippen molar-refractivity contribution in [1.29, 1.82) is 0 Å². The molecule has 28 heavy (non-hydrogen) atoms. The van der Waals surface area contributed by atoms with E-state index in [1.807, 2.05) is 18.2 Å². The van der Waals surface area contributed by atoms with Crippen molar-refractivity contribution in [3.8, 4) is 0 Å². The number of para-hydroxylation sites is 1. The number of anilines is 2. The van der Waals surface area contributed by atoms with Crippen molar-refractivity contribution in [2.45, 2.75) is 11.3 Å². The number of rotatable bonds is 3. The monoisotopic (exact) mass is 396 g/mol. The lowest BCUT2D eigenvalue weighted by molar-refractivity contribution is -0.119. The normalized spacial score (nSPS) is 21.1. The van der Waals surface area contributed by atoms with Crippen molar-refractivity contribution in [2.24, 2.45) is 5.73 Å². The van der Waals surface area contributed by atoms with E-state index in [1.54, 1.807) is 35.5 Å². The quantitative estimate of drug-likeness (QED) is 0.586. The zero-order valence-electron chi connectivity index (χ0n) is 15.0. The third-order valence-corrected chi connectivity index (χ3v) is 6.23. The predicted octanol–water partition coefficient (Wildman–Crippen LogP) is 1.79. The van der Waals surface area contributed by atoms with Gasteiger partial charge in [-0.25, -0.2) is 4.79 Å². The highest BCUT2D eigenvalue weighted by Gasteiger charge is 2.49. The van der Waals surface area contributed by atoms with Crippen LogP contribution in [0.25, 0.3) is 0 Å². The number of hydrogen-bond donors (Lipinski definition) is 4. The van der Waals surface area contributed by atoms with Gasteiger partial charge in [0.2, 0.25) is 0 Å². The molecule has 3 heterocycles. The molecular formula is C19H20N6O2S. The Morgan fingerprint density at radius 2 is 2.07 bits per heavy atom. The molecule has 0 radical (unpaired) electrons. The molecule has 0 bridgehead atoms. The first-order chi connectivity index (χ1) is 13.5. The number of nitrogens with zero attached hydrogens (tertiary/aromatic N) is 2. The van der Waals surface area contributed by atoms with E-state index in [0.717, 1.165) is 10.6 Å². The van der Waals surface area contributed by atoms with Crippen molar-refractivity contribution < 1.29 is 9.59 Å². The Morgan fingerprint density at radius 3 is 2.79 bits per heavy atom. The lowest BCUT2D eigenvalue weighted by Gasteiger charge is -2.30. The molecule has 0 aliphatic carbocycles. The minimum atomic E-state index is -1.14. The molecule has 1 aromatic carbocycles. The molecule has 2 aromatic rings. The lowest BCUT2D eigenvalue weighted by atomic mass is 10.0. The van der Waals surface area contributed by atoms with Crippen LogP contribution in [0.2, 0.25) is 0 Å². The number of carbonyl (C=O) groups excluding carboxylic acids is 2. The number of nitrogen functional groups attached to an aromatic ring is 1. The summed E-state index contributed by atoms with van der Waals surface area (Å²) >= 11 is 1.36. The van der Waals surface area contributed by atoms with Crippen LogP contribution in [0.1, 0.15) is 12.0 Å². The van der Waals surface area contributed by atoms with Gasteiger partial charge >= 0.3 is 6.03 Å². The maximum atomic E-state index is 13.4. The highest BCUT2D eigenvalue weighted by atomic mass is 32.2. The van der Waals surface area contributed by atoms with Gasteiger partial charge < -0.3 is 27.0 Å². The SMILES string of the molecule is NC(=O)N1CCC2=C(C1)SC(C(=O)Nc1cccnc1)(c1ccccc1N)N2. The van der Waals surface area contributed by atoms with Gasteiger partial charge in [0, 0.05) is 41.0 Å². The molecule has 1 unspecified atom stereocenters. The molecule has 1 atom stereocenters. The van der Waals surface area contributed by atoms with E-state index in [4.69, 9.17) is 11.5 Å². The van der Waals surface area contributed by atoms with Crippen molar-refractivity contribution >= 4 is 35.1 Å². The zero-order chi connectivity index (χ0) is 19.7. The maximum Gasteiger partial charge on any atom is 0.315 e. The molecule has 2 aliphatic heterocycles. The number of hydrogen-bond acceptors (Lipinski definition) is 6. The van der Waals surface area contributed by atoms with Crippen molar-refractivity contribution in [1.82, 2.24) is 15.2 Å². The summed E-state index contributed by atoms with van der Waals surface area (Å²) in [6.07, 6.45) is 3.82. The minimum absolute atomic E-state index is 0.261. The van der Waals surface area contributed by atoms with Crippen LogP contribution in [0.15, 0.2) is 59.4 Å². The van der Waals surface area contributed by atoms with Gasteiger partial charge in [0.1, 0.15) is 0 Å². The molecule has 3 amide bonds. The molecule has 8 nitrogen and oxygen atoms in total. The van der Waals surface area contributed by atoms with E-state index in [9.17, 15) is 9.59 Å². The molecule has 4 rings (SSSR count). The fourth-order valence-electron chi connectivity index (χ4n) is 3.39. The molecular weight excluding hydrogens is 376 g/mol. The van der Waals surface area contributed by atoms with Crippen LogP contribution in [0.3, 0.4) is 0 Å². The van der Waals surface area contributed by atoms with Crippen LogP contribution >= 0.6 is 11.8 Å². The van der Waals surface area contributed by atoms with Crippen LogP contribution in [-0.4, -0.2) is 34.9 Å². The zero-order valence-corrected chi connectivity index (χ0v) is 15.8. The number of carbonyl (C=O) groups is 2. The molecule has 1 aromatic heterocycles. The van der Waals surface area contributed by atoms with Crippen LogP contribution in [0, 0.1) is 0 Å². The van der Waals surface area contributed by atoms with Crippen molar-refractivity contribution in [3.63, 3.8) is 0 Å². The molecule has 0 fully saturated rings. The second-order valence-electron chi connectivity index (χ2n) is 6.60. The summed E-state index contributed by atoms with van der Waals surface area (Å²) in [5.74, 6) is -0.261. The van der Waals surface area contributed by atoms with E-state index in [1.165, 1.54) is 11.8 Å². The van der Waals surface area contributed by atoms with Crippen LogP contribution < -0.4 is 22.1 Å². The Labute approximate surface area is 166 Å². The number of primary amides is 1. The highest BCUT2D eigenvalue weighted by molar-refractivity contribution is 8.05. The van der Waals surface area contributed by atoms with Crippen LogP contribution in [0.4, 0.5) is 16.2 Å². The number of pyridine rings is 1. The van der Waals surface area contributed by atoms with Crippen LogP contribution in [0.5, 0.6) is 0 Å². The number of benzene rings is 1. The van der Waals surface area contributed by atoms with Gasteiger partial charge in [-0.05, 0) is 18.2 Å². The van der Waals surface area contributed by atoms with E-state index in [-0.39, 0.29) is 5.91 Å². The van der Waals surface area contributed by atoms with E-state index in [2.05, 4.69) is 15.6 Å². The predicted molar refractivity (Wildman–Crippen MR) is 109 cm³/mol. The smallest absolute Gasteiger partial charge is 0.315 e. The maximum absolute atomic E-state index is 13.4. The van der Waals surface area contributed by atoms with E-state index < -0.39 is 10.9 Å². The molecule has 144 valence electrons. The van der Waals surface area contributed by atoms with Crippen LogP contribution in [-0.2, 0) is 9.67 Å². The fourth-order valence-corrected chi connectivity index (χ4v) is 4.87. The van der Waals surface area contributed by atoms with Crippen molar-refractivity contribution in [3.05, 3.63) is 65.0 Å². The first-order valence-electron chi connectivity index (χ1n) is 8.79. The number of nitrogens with two attached hydrogens (primary N) is 2. The average molecular weight is 396 g/mol. The third kappa shape index (κ3) is 3.13. The second-order valence-corrected chi connectivity index (χ2v) is 7.91. The fraction of sp³-hybridized carbons (Fsp3) is 0.211. The Kier molecular flexibility index (Phi) is 4.60. The topological polar surface area (TPSA) is 126 Å². The highest BCUT2D eigenvalue weighted by Crippen LogP contribution is 2.50. The molecule has 0 saturated carbocycles. The summed E-state index contributed by atoms with van der Waals surface area (Å²) < 4.78 is 0.